The molecule has 1 unspecified atom stereocenters. The molecule has 0 radical (unpaired) electrons. The molecule has 120 valence electrons. The van der Waals surface area contributed by atoms with Crippen molar-refractivity contribution in [3.63, 3.8) is 0 Å². The van der Waals surface area contributed by atoms with E-state index in [1.807, 2.05) is 18.2 Å². The summed E-state index contributed by atoms with van der Waals surface area (Å²) in [6.07, 6.45) is 2.37. The maximum atomic E-state index is 12.1. The number of nitrogens with zero attached hydrogens (tertiary/aromatic N) is 1. The van der Waals surface area contributed by atoms with Crippen LogP contribution in [-0.2, 0) is 4.79 Å². The number of aliphatic hydroxyl groups is 1. The Hall–Kier alpha value is -1.59. The lowest BCUT2D eigenvalue weighted by molar-refractivity contribution is -0.121. The topological polar surface area (TPSA) is 61.8 Å². The minimum absolute atomic E-state index is 0.0112. The molecule has 1 fully saturated rings. The molecule has 1 aromatic rings. The van der Waals surface area contributed by atoms with E-state index in [0.29, 0.717) is 6.54 Å². The van der Waals surface area contributed by atoms with Crippen LogP contribution in [0.1, 0.15) is 37.9 Å². The largest absolute Gasteiger partial charge is 0.482 e. The molecule has 2 aliphatic heterocycles. The lowest BCUT2D eigenvalue weighted by Gasteiger charge is -2.31. The Morgan fingerprint density at radius 2 is 2.18 bits per heavy atom. The SMILES string of the molecule is CCCN1C(=O)COc2ccc(C(O)C3CCNCC3)cc21. The fourth-order valence-electron chi connectivity index (χ4n) is 3.30. The predicted octanol–water partition coefficient (Wildman–Crippen LogP) is 1.85. The summed E-state index contributed by atoms with van der Waals surface area (Å²) in [5.41, 5.74) is 1.67. The van der Waals surface area contributed by atoms with Crippen molar-refractivity contribution in [1.82, 2.24) is 5.32 Å². The highest BCUT2D eigenvalue weighted by Crippen LogP contribution is 2.37. The van der Waals surface area contributed by atoms with Crippen molar-refractivity contribution >= 4 is 11.6 Å². The van der Waals surface area contributed by atoms with Crippen molar-refractivity contribution in [1.29, 1.82) is 0 Å². The number of carbonyl (C=O) groups is 1. The average Bonchev–Trinajstić information content (AvgIpc) is 2.57. The van der Waals surface area contributed by atoms with E-state index in [4.69, 9.17) is 4.74 Å². The summed E-state index contributed by atoms with van der Waals surface area (Å²) in [7, 11) is 0. The van der Waals surface area contributed by atoms with Crippen molar-refractivity contribution in [2.24, 2.45) is 5.92 Å². The molecule has 1 saturated heterocycles. The van der Waals surface area contributed by atoms with Crippen molar-refractivity contribution in [2.45, 2.75) is 32.3 Å². The first-order valence-corrected chi connectivity index (χ1v) is 8.16. The van der Waals surface area contributed by atoms with Crippen LogP contribution in [0.25, 0.3) is 0 Å². The molecule has 1 amide bonds. The normalized spacial score (nSPS) is 20.5. The Bertz CT molecular complexity index is 541. The fourth-order valence-corrected chi connectivity index (χ4v) is 3.30. The standard InChI is InChI=1S/C17H24N2O3/c1-2-9-19-14-10-13(3-4-15(14)22-11-16(19)20)17(21)12-5-7-18-8-6-12/h3-4,10,12,17-18,21H,2,5-9,11H2,1H3. The number of rotatable bonds is 4. The first-order chi connectivity index (χ1) is 10.7. The van der Waals surface area contributed by atoms with Crippen LogP contribution in [0.4, 0.5) is 5.69 Å². The van der Waals surface area contributed by atoms with Gasteiger partial charge in [-0.3, -0.25) is 4.79 Å². The van der Waals surface area contributed by atoms with Gasteiger partial charge < -0.3 is 20.1 Å². The van der Waals surface area contributed by atoms with Crippen LogP contribution in [0.2, 0.25) is 0 Å². The molecular formula is C17H24N2O3. The number of anilines is 1. The van der Waals surface area contributed by atoms with E-state index in [2.05, 4.69) is 12.2 Å². The van der Waals surface area contributed by atoms with E-state index < -0.39 is 6.10 Å². The van der Waals surface area contributed by atoms with Gasteiger partial charge in [0.05, 0.1) is 11.8 Å². The number of fused-ring (bicyclic) bond motifs is 1. The van der Waals surface area contributed by atoms with Gasteiger partial charge in [-0.25, -0.2) is 0 Å². The summed E-state index contributed by atoms with van der Waals surface area (Å²) in [5.74, 6) is 0.997. The molecule has 5 nitrogen and oxygen atoms in total. The lowest BCUT2D eigenvalue weighted by atomic mass is 9.88. The molecule has 2 heterocycles. The third-order valence-electron chi connectivity index (χ3n) is 4.55. The van der Waals surface area contributed by atoms with Crippen molar-refractivity contribution in [3.8, 4) is 5.75 Å². The van der Waals surface area contributed by atoms with Gasteiger partial charge in [-0.2, -0.15) is 0 Å². The molecule has 22 heavy (non-hydrogen) atoms. The van der Waals surface area contributed by atoms with Gasteiger partial charge in [-0.05, 0) is 56.0 Å². The number of nitrogens with one attached hydrogen (secondary N) is 1. The zero-order chi connectivity index (χ0) is 15.5. The number of hydrogen-bond donors (Lipinski definition) is 2. The van der Waals surface area contributed by atoms with Gasteiger partial charge in [0.15, 0.2) is 6.61 Å². The highest BCUT2D eigenvalue weighted by atomic mass is 16.5. The number of benzene rings is 1. The first kappa shape index (κ1) is 15.3. The fraction of sp³-hybridized carbons (Fsp3) is 0.588. The van der Waals surface area contributed by atoms with Gasteiger partial charge in [0.2, 0.25) is 0 Å². The monoisotopic (exact) mass is 304 g/mol. The molecule has 0 spiro atoms. The minimum atomic E-state index is -0.479. The number of piperidine rings is 1. The van der Waals surface area contributed by atoms with Crippen LogP contribution in [0.3, 0.4) is 0 Å². The second kappa shape index (κ2) is 6.67. The van der Waals surface area contributed by atoms with Gasteiger partial charge in [-0.1, -0.05) is 13.0 Å². The van der Waals surface area contributed by atoms with Gasteiger partial charge in [0, 0.05) is 6.54 Å². The zero-order valence-electron chi connectivity index (χ0n) is 13.0. The van der Waals surface area contributed by atoms with Crippen LogP contribution in [0.5, 0.6) is 5.75 Å². The molecule has 1 aromatic carbocycles. The van der Waals surface area contributed by atoms with Crippen molar-refractivity contribution < 1.29 is 14.6 Å². The Balaban J connectivity index is 1.86. The summed E-state index contributed by atoms with van der Waals surface area (Å²) in [4.78, 5) is 13.8. The van der Waals surface area contributed by atoms with Crippen LogP contribution >= 0.6 is 0 Å². The van der Waals surface area contributed by atoms with Gasteiger partial charge in [0.25, 0.3) is 5.91 Å². The number of aliphatic hydroxyl groups excluding tert-OH is 1. The molecule has 0 bridgehead atoms. The van der Waals surface area contributed by atoms with E-state index in [1.54, 1.807) is 4.90 Å². The summed E-state index contributed by atoms with van der Waals surface area (Å²) in [5, 5.41) is 14.0. The van der Waals surface area contributed by atoms with E-state index >= 15 is 0 Å². The predicted molar refractivity (Wildman–Crippen MR) is 85.1 cm³/mol. The molecule has 5 heteroatoms. The Labute approximate surface area is 131 Å². The highest BCUT2D eigenvalue weighted by molar-refractivity contribution is 5.97. The second-order valence-corrected chi connectivity index (χ2v) is 6.09. The molecule has 0 aromatic heterocycles. The molecule has 1 atom stereocenters. The molecule has 0 saturated carbocycles. The molecule has 2 aliphatic rings. The van der Waals surface area contributed by atoms with E-state index in [1.165, 1.54) is 0 Å². The average molecular weight is 304 g/mol. The molecular weight excluding hydrogens is 280 g/mol. The zero-order valence-corrected chi connectivity index (χ0v) is 13.0. The van der Waals surface area contributed by atoms with Crippen LogP contribution in [0.15, 0.2) is 18.2 Å². The Morgan fingerprint density at radius 3 is 2.91 bits per heavy atom. The molecule has 3 rings (SSSR count). The van der Waals surface area contributed by atoms with E-state index in [9.17, 15) is 9.90 Å². The van der Waals surface area contributed by atoms with Crippen molar-refractivity contribution in [2.75, 3.05) is 31.1 Å². The van der Waals surface area contributed by atoms with Crippen LogP contribution < -0.4 is 15.0 Å². The van der Waals surface area contributed by atoms with Gasteiger partial charge >= 0.3 is 0 Å². The quantitative estimate of drug-likeness (QED) is 0.891. The van der Waals surface area contributed by atoms with E-state index in [0.717, 1.165) is 49.4 Å². The third-order valence-corrected chi connectivity index (χ3v) is 4.55. The lowest BCUT2D eigenvalue weighted by Crippen LogP contribution is -2.39. The maximum absolute atomic E-state index is 12.1. The molecule has 0 aliphatic carbocycles. The number of ether oxygens (including phenoxy) is 1. The summed E-state index contributed by atoms with van der Waals surface area (Å²) in [6.45, 7) is 4.74. The minimum Gasteiger partial charge on any atom is -0.482 e. The number of amides is 1. The number of hydrogen-bond acceptors (Lipinski definition) is 4. The smallest absolute Gasteiger partial charge is 0.265 e. The van der Waals surface area contributed by atoms with Crippen LogP contribution in [0, 0.1) is 5.92 Å². The van der Waals surface area contributed by atoms with Gasteiger partial charge in [-0.15, -0.1) is 0 Å². The number of carbonyl (C=O) groups excluding carboxylic acids is 1. The summed E-state index contributed by atoms with van der Waals surface area (Å²) in [6, 6.07) is 5.73. The maximum Gasteiger partial charge on any atom is 0.265 e. The van der Waals surface area contributed by atoms with Crippen LogP contribution in [-0.4, -0.2) is 37.3 Å². The second-order valence-electron chi connectivity index (χ2n) is 6.09. The Morgan fingerprint density at radius 1 is 1.41 bits per heavy atom. The molecule has 2 N–H and O–H groups in total. The summed E-state index contributed by atoms with van der Waals surface area (Å²) >= 11 is 0. The third kappa shape index (κ3) is 2.96. The first-order valence-electron chi connectivity index (χ1n) is 8.16. The highest BCUT2D eigenvalue weighted by Gasteiger charge is 2.28. The van der Waals surface area contributed by atoms with Crippen molar-refractivity contribution in [3.05, 3.63) is 23.8 Å². The summed E-state index contributed by atoms with van der Waals surface area (Å²) < 4.78 is 5.51. The van der Waals surface area contributed by atoms with Gasteiger partial charge in [0.1, 0.15) is 5.75 Å². The Kier molecular flexibility index (Phi) is 4.64. The van der Waals surface area contributed by atoms with E-state index in [-0.39, 0.29) is 18.4 Å².